The number of hydrogen-bond donors (Lipinski definition) is 1. The molecule has 0 aliphatic heterocycles. The summed E-state index contributed by atoms with van der Waals surface area (Å²) in [5.41, 5.74) is 7.50. The molecule has 0 aromatic heterocycles. The Balaban J connectivity index is 2.30. The van der Waals surface area contributed by atoms with Crippen LogP contribution in [0.15, 0.2) is 42.5 Å². The van der Waals surface area contributed by atoms with E-state index in [4.69, 9.17) is 5.73 Å². The smallest absolute Gasteiger partial charge is 0.0446 e. The molecule has 2 heteroatoms. The molecule has 19 heavy (non-hydrogen) atoms. The number of rotatable bonds is 6. The molecule has 0 saturated carbocycles. The Morgan fingerprint density at radius 1 is 1.05 bits per heavy atom. The molecular formula is C17H24N2. The molecule has 0 spiro atoms. The van der Waals surface area contributed by atoms with E-state index in [0.29, 0.717) is 0 Å². The molecule has 0 aliphatic rings. The number of nitrogens with zero attached hydrogens (tertiary/aromatic N) is 1. The van der Waals surface area contributed by atoms with Crippen LogP contribution in [0.2, 0.25) is 0 Å². The fourth-order valence-electron chi connectivity index (χ4n) is 2.63. The van der Waals surface area contributed by atoms with Crippen LogP contribution in [0.5, 0.6) is 0 Å². The lowest BCUT2D eigenvalue weighted by atomic mass is 10.1. The normalized spacial score (nSPS) is 12.6. The summed E-state index contributed by atoms with van der Waals surface area (Å²) < 4.78 is 0. The van der Waals surface area contributed by atoms with E-state index in [1.54, 1.807) is 0 Å². The van der Waals surface area contributed by atoms with Crippen LogP contribution in [-0.4, -0.2) is 19.1 Å². The van der Waals surface area contributed by atoms with Gasteiger partial charge in [0.05, 0.1) is 0 Å². The van der Waals surface area contributed by atoms with Gasteiger partial charge in [-0.15, -0.1) is 0 Å². The summed E-state index contributed by atoms with van der Waals surface area (Å²) in [6, 6.07) is 15.3. The first kappa shape index (κ1) is 13.9. The molecule has 0 saturated heterocycles. The van der Waals surface area contributed by atoms with Gasteiger partial charge >= 0.3 is 0 Å². The predicted octanol–water partition coefficient (Wildman–Crippen LogP) is 3.79. The summed E-state index contributed by atoms with van der Waals surface area (Å²) >= 11 is 0. The summed E-state index contributed by atoms with van der Waals surface area (Å²) in [5.74, 6) is 0. The highest BCUT2D eigenvalue weighted by Gasteiger charge is 2.11. The van der Waals surface area contributed by atoms with Crippen LogP contribution < -0.4 is 10.6 Å². The highest BCUT2D eigenvalue weighted by atomic mass is 15.1. The van der Waals surface area contributed by atoms with Gasteiger partial charge in [-0.05, 0) is 24.8 Å². The average molecular weight is 256 g/mol. The first-order chi connectivity index (χ1) is 9.26. The van der Waals surface area contributed by atoms with E-state index < -0.39 is 0 Å². The third-order valence-corrected chi connectivity index (χ3v) is 3.60. The lowest BCUT2D eigenvalue weighted by molar-refractivity contribution is 0.586. The molecular weight excluding hydrogens is 232 g/mol. The minimum absolute atomic E-state index is 0.254. The van der Waals surface area contributed by atoms with E-state index >= 15 is 0 Å². The van der Waals surface area contributed by atoms with Gasteiger partial charge in [-0.25, -0.2) is 0 Å². The Morgan fingerprint density at radius 3 is 2.53 bits per heavy atom. The number of hydrogen-bond acceptors (Lipinski definition) is 2. The van der Waals surface area contributed by atoms with E-state index in [-0.39, 0.29) is 6.04 Å². The molecule has 1 unspecified atom stereocenters. The summed E-state index contributed by atoms with van der Waals surface area (Å²) in [7, 11) is 0. The Hall–Kier alpha value is -1.54. The second-order valence-corrected chi connectivity index (χ2v) is 5.09. The van der Waals surface area contributed by atoms with Crippen molar-refractivity contribution in [2.24, 2.45) is 5.73 Å². The third-order valence-electron chi connectivity index (χ3n) is 3.60. The molecule has 0 bridgehead atoms. The van der Waals surface area contributed by atoms with Crippen LogP contribution in [0.1, 0.15) is 26.7 Å². The SMILES string of the molecule is CCCC(N)CN(CC)c1cccc2ccccc12. The maximum absolute atomic E-state index is 6.20. The van der Waals surface area contributed by atoms with Gasteiger partial charge in [0.25, 0.3) is 0 Å². The van der Waals surface area contributed by atoms with Crippen LogP contribution in [-0.2, 0) is 0 Å². The molecule has 2 aromatic carbocycles. The standard InChI is InChI=1S/C17H24N2/c1-3-8-15(18)13-19(4-2)17-12-7-10-14-9-5-6-11-16(14)17/h5-7,9-12,15H,3-4,8,13,18H2,1-2H3. The monoisotopic (exact) mass is 256 g/mol. The largest absolute Gasteiger partial charge is 0.370 e. The molecule has 2 rings (SSSR count). The van der Waals surface area contributed by atoms with E-state index in [0.717, 1.165) is 25.9 Å². The van der Waals surface area contributed by atoms with Crippen LogP contribution in [0.4, 0.5) is 5.69 Å². The molecule has 0 amide bonds. The molecule has 0 fully saturated rings. The molecule has 2 nitrogen and oxygen atoms in total. The van der Waals surface area contributed by atoms with E-state index in [2.05, 4.69) is 61.2 Å². The zero-order valence-corrected chi connectivity index (χ0v) is 12.0. The van der Waals surface area contributed by atoms with Gasteiger partial charge < -0.3 is 10.6 Å². The van der Waals surface area contributed by atoms with Crippen molar-refractivity contribution in [1.29, 1.82) is 0 Å². The van der Waals surface area contributed by atoms with Gasteiger partial charge in [0.15, 0.2) is 0 Å². The maximum atomic E-state index is 6.20. The van der Waals surface area contributed by atoms with E-state index in [9.17, 15) is 0 Å². The van der Waals surface area contributed by atoms with Crippen molar-refractivity contribution >= 4 is 16.5 Å². The average Bonchev–Trinajstić information content (AvgIpc) is 2.44. The van der Waals surface area contributed by atoms with Gasteiger partial charge in [0, 0.05) is 30.2 Å². The van der Waals surface area contributed by atoms with E-state index in [1.165, 1.54) is 16.5 Å². The van der Waals surface area contributed by atoms with Crippen LogP contribution in [0, 0.1) is 0 Å². The van der Waals surface area contributed by atoms with E-state index in [1.807, 2.05) is 0 Å². The Bertz CT molecular complexity index is 516. The zero-order chi connectivity index (χ0) is 13.7. The lowest BCUT2D eigenvalue weighted by Gasteiger charge is -2.27. The molecule has 0 heterocycles. The van der Waals surface area contributed by atoms with Crippen molar-refractivity contribution in [2.45, 2.75) is 32.7 Å². The second-order valence-electron chi connectivity index (χ2n) is 5.09. The first-order valence-electron chi connectivity index (χ1n) is 7.24. The molecule has 0 aliphatic carbocycles. The summed E-state index contributed by atoms with van der Waals surface area (Å²) in [5, 5.41) is 2.61. The van der Waals surface area contributed by atoms with Crippen molar-refractivity contribution in [1.82, 2.24) is 0 Å². The topological polar surface area (TPSA) is 29.3 Å². The number of likely N-dealkylation sites (N-methyl/N-ethyl adjacent to an activating group) is 1. The second kappa shape index (κ2) is 6.58. The molecule has 0 radical (unpaired) electrons. The van der Waals surface area contributed by atoms with Gasteiger partial charge in [-0.1, -0.05) is 49.7 Å². The number of nitrogens with two attached hydrogens (primary N) is 1. The minimum atomic E-state index is 0.254. The van der Waals surface area contributed by atoms with Gasteiger partial charge in [0.2, 0.25) is 0 Å². The molecule has 102 valence electrons. The zero-order valence-electron chi connectivity index (χ0n) is 12.0. The van der Waals surface area contributed by atoms with Gasteiger partial charge in [0.1, 0.15) is 0 Å². The highest BCUT2D eigenvalue weighted by Crippen LogP contribution is 2.26. The molecule has 2 aromatic rings. The lowest BCUT2D eigenvalue weighted by Crippen LogP contribution is -2.37. The summed E-state index contributed by atoms with van der Waals surface area (Å²) in [6.45, 7) is 6.30. The third kappa shape index (κ3) is 3.27. The first-order valence-corrected chi connectivity index (χ1v) is 7.24. The highest BCUT2D eigenvalue weighted by molar-refractivity contribution is 5.94. The Labute approximate surface area is 116 Å². The van der Waals surface area contributed by atoms with Crippen molar-refractivity contribution in [3.8, 4) is 0 Å². The number of benzene rings is 2. The van der Waals surface area contributed by atoms with Crippen molar-refractivity contribution in [3.05, 3.63) is 42.5 Å². The maximum Gasteiger partial charge on any atom is 0.0446 e. The molecule has 1 atom stereocenters. The number of anilines is 1. The van der Waals surface area contributed by atoms with Crippen LogP contribution in [0.3, 0.4) is 0 Å². The van der Waals surface area contributed by atoms with Crippen molar-refractivity contribution in [3.63, 3.8) is 0 Å². The van der Waals surface area contributed by atoms with Crippen LogP contribution >= 0.6 is 0 Å². The predicted molar refractivity (Wildman–Crippen MR) is 84.7 cm³/mol. The fraction of sp³-hybridized carbons (Fsp3) is 0.412. The number of fused-ring (bicyclic) bond motifs is 1. The Kier molecular flexibility index (Phi) is 4.80. The van der Waals surface area contributed by atoms with Crippen molar-refractivity contribution < 1.29 is 0 Å². The van der Waals surface area contributed by atoms with Gasteiger partial charge in [-0.3, -0.25) is 0 Å². The van der Waals surface area contributed by atoms with Crippen molar-refractivity contribution in [2.75, 3.05) is 18.0 Å². The molecule has 2 N–H and O–H groups in total. The quantitative estimate of drug-likeness (QED) is 0.852. The summed E-state index contributed by atoms with van der Waals surface area (Å²) in [6.07, 6.45) is 2.23. The van der Waals surface area contributed by atoms with Gasteiger partial charge in [-0.2, -0.15) is 0 Å². The fourth-order valence-corrected chi connectivity index (χ4v) is 2.63. The Morgan fingerprint density at radius 2 is 1.79 bits per heavy atom. The van der Waals surface area contributed by atoms with Crippen LogP contribution in [0.25, 0.3) is 10.8 Å². The minimum Gasteiger partial charge on any atom is -0.370 e. The summed E-state index contributed by atoms with van der Waals surface area (Å²) in [4.78, 5) is 2.39.